The number of carbonyl (C=O) groups is 1. The summed E-state index contributed by atoms with van der Waals surface area (Å²) in [5.74, 6) is 0.576. The van der Waals surface area contributed by atoms with Gasteiger partial charge in [-0.15, -0.1) is 4.40 Å². The number of hydrogen-bond acceptors (Lipinski definition) is 5. The molecule has 142 valence electrons. The van der Waals surface area contributed by atoms with Crippen molar-refractivity contribution in [3.63, 3.8) is 0 Å². The fourth-order valence-electron chi connectivity index (χ4n) is 3.72. The topological polar surface area (TPSA) is 105 Å². The molecule has 0 bridgehead atoms. The molecule has 1 heterocycles. The molecule has 26 heavy (non-hydrogen) atoms. The van der Waals surface area contributed by atoms with Crippen molar-refractivity contribution in [2.75, 3.05) is 25.0 Å². The predicted octanol–water partition coefficient (Wildman–Crippen LogP) is 1.96. The number of fused-ring (bicyclic) bond motifs is 1. The van der Waals surface area contributed by atoms with Gasteiger partial charge in [0.15, 0.2) is 0 Å². The predicted molar refractivity (Wildman–Crippen MR) is 102 cm³/mol. The highest BCUT2D eigenvalue weighted by Gasteiger charge is 2.26. The number of carbonyl (C=O) groups excluding carboxylic acids is 1. The van der Waals surface area contributed by atoms with Crippen LogP contribution in [0.25, 0.3) is 0 Å². The van der Waals surface area contributed by atoms with Gasteiger partial charge in [-0.1, -0.05) is 44.2 Å². The van der Waals surface area contributed by atoms with E-state index in [0.717, 1.165) is 6.42 Å². The summed E-state index contributed by atoms with van der Waals surface area (Å²) in [4.78, 5) is 13.5. The van der Waals surface area contributed by atoms with Gasteiger partial charge in [0.25, 0.3) is 10.0 Å². The van der Waals surface area contributed by atoms with E-state index in [4.69, 9.17) is 5.73 Å². The van der Waals surface area contributed by atoms with Gasteiger partial charge in [-0.2, -0.15) is 8.42 Å². The molecular weight excluding hydrogens is 352 g/mol. The highest BCUT2D eigenvalue weighted by Crippen LogP contribution is 2.28. The lowest BCUT2D eigenvalue weighted by Gasteiger charge is -2.27. The van der Waals surface area contributed by atoms with Gasteiger partial charge in [0.2, 0.25) is 5.91 Å². The average Bonchev–Trinajstić information content (AvgIpc) is 2.59. The summed E-state index contributed by atoms with van der Waals surface area (Å²) < 4.78 is 28.6. The number of amides is 1. The molecule has 0 atom stereocenters. The summed E-state index contributed by atoms with van der Waals surface area (Å²) in [7, 11) is -3.72. The normalized spacial score (nSPS) is 19.5. The molecule has 0 saturated heterocycles. The molecule has 1 aromatic rings. The summed E-state index contributed by atoms with van der Waals surface area (Å²) in [6.07, 6.45) is 7.29. The van der Waals surface area contributed by atoms with Crippen LogP contribution in [0, 0.1) is 5.92 Å². The van der Waals surface area contributed by atoms with Crippen molar-refractivity contribution in [3.05, 3.63) is 24.3 Å². The maximum absolute atomic E-state index is 12.4. The van der Waals surface area contributed by atoms with E-state index in [1.807, 2.05) is 4.90 Å². The molecule has 3 rings (SSSR count). The summed E-state index contributed by atoms with van der Waals surface area (Å²) in [5.41, 5.74) is 5.90. The Bertz CT molecular complexity index is 785. The minimum Gasteiger partial charge on any atom is -0.369 e. The number of amidine groups is 1. The highest BCUT2D eigenvalue weighted by atomic mass is 32.2. The summed E-state index contributed by atoms with van der Waals surface area (Å²) in [6, 6.07) is 6.68. The zero-order chi connectivity index (χ0) is 18.6. The van der Waals surface area contributed by atoms with Gasteiger partial charge in [0.05, 0.1) is 18.8 Å². The largest absolute Gasteiger partial charge is 0.369 e. The molecule has 7 nitrogen and oxygen atoms in total. The fraction of sp³-hybridized carbons (Fsp3) is 0.556. The second kappa shape index (κ2) is 8.18. The van der Waals surface area contributed by atoms with Crippen molar-refractivity contribution in [3.8, 4) is 0 Å². The van der Waals surface area contributed by atoms with Crippen LogP contribution < -0.4 is 11.1 Å². The second-order valence-electron chi connectivity index (χ2n) is 7.10. The molecule has 1 aliphatic carbocycles. The first-order chi connectivity index (χ1) is 12.4. The third kappa shape index (κ3) is 4.82. The van der Waals surface area contributed by atoms with Gasteiger partial charge in [-0.25, -0.2) is 0 Å². The van der Waals surface area contributed by atoms with Crippen molar-refractivity contribution >= 4 is 27.5 Å². The van der Waals surface area contributed by atoms with E-state index >= 15 is 0 Å². The van der Waals surface area contributed by atoms with Crippen LogP contribution in [0.15, 0.2) is 33.6 Å². The van der Waals surface area contributed by atoms with Crippen molar-refractivity contribution in [1.82, 2.24) is 4.90 Å². The lowest BCUT2D eigenvalue weighted by atomic mass is 9.87. The van der Waals surface area contributed by atoms with Crippen LogP contribution in [0.5, 0.6) is 0 Å². The maximum atomic E-state index is 12.4. The maximum Gasteiger partial charge on any atom is 0.286 e. The minimum absolute atomic E-state index is 0.0924. The van der Waals surface area contributed by atoms with E-state index in [1.165, 1.54) is 38.2 Å². The zero-order valence-corrected chi connectivity index (χ0v) is 15.7. The van der Waals surface area contributed by atoms with Crippen LogP contribution in [0.3, 0.4) is 0 Å². The van der Waals surface area contributed by atoms with Crippen LogP contribution in [0.4, 0.5) is 5.69 Å². The summed E-state index contributed by atoms with van der Waals surface area (Å²) in [5, 5.41) is 3.07. The molecule has 8 heteroatoms. The van der Waals surface area contributed by atoms with Crippen LogP contribution in [-0.2, 0) is 14.8 Å². The Hall–Kier alpha value is -1.93. The first kappa shape index (κ1) is 18.8. The molecule has 3 N–H and O–H groups in total. The Balaban J connectivity index is 1.68. The van der Waals surface area contributed by atoms with Gasteiger partial charge >= 0.3 is 0 Å². The number of nitrogens with two attached hydrogens (primary N) is 1. The number of anilines is 1. The Morgan fingerprint density at radius 1 is 1.23 bits per heavy atom. The Labute approximate surface area is 154 Å². The molecule has 1 aliphatic heterocycles. The molecule has 0 radical (unpaired) electrons. The van der Waals surface area contributed by atoms with Crippen molar-refractivity contribution in [2.45, 2.75) is 43.4 Å². The highest BCUT2D eigenvalue weighted by molar-refractivity contribution is 7.90. The number of primary amides is 1. The van der Waals surface area contributed by atoms with Gasteiger partial charge < -0.3 is 11.1 Å². The van der Waals surface area contributed by atoms with Crippen LogP contribution in [0.2, 0.25) is 0 Å². The van der Waals surface area contributed by atoms with Gasteiger partial charge in [-0.3, -0.25) is 9.69 Å². The zero-order valence-electron chi connectivity index (χ0n) is 14.9. The number of nitrogens with zero attached hydrogens (tertiary/aromatic N) is 2. The van der Waals surface area contributed by atoms with Crippen molar-refractivity contribution < 1.29 is 13.2 Å². The SMILES string of the molecule is NC(=O)CN(CCC1CCCCC1)CC1=NS(=O)(=O)c2ccccc2N1. The molecule has 1 aromatic carbocycles. The lowest BCUT2D eigenvalue weighted by molar-refractivity contribution is -0.119. The van der Waals surface area contributed by atoms with Crippen LogP contribution in [-0.4, -0.2) is 44.7 Å². The van der Waals surface area contributed by atoms with E-state index in [1.54, 1.807) is 18.2 Å². The Morgan fingerprint density at radius 2 is 1.96 bits per heavy atom. The van der Waals surface area contributed by atoms with Crippen LogP contribution >= 0.6 is 0 Å². The van der Waals surface area contributed by atoms with Crippen LogP contribution in [0.1, 0.15) is 38.5 Å². The average molecular weight is 378 g/mol. The summed E-state index contributed by atoms with van der Waals surface area (Å²) in [6.45, 7) is 1.05. The quantitative estimate of drug-likeness (QED) is 0.754. The molecule has 0 spiro atoms. The van der Waals surface area contributed by atoms with Gasteiger partial charge in [-0.05, 0) is 31.0 Å². The van der Waals surface area contributed by atoms with E-state index in [9.17, 15) is 13.2 Å². The van der Waals surface area contributed by atoms with Crippen molar-refractivity contribution in [2.24, 2.45) is 16.0 Å². The molecule has 0 aromatic heterocycles. The number of hydrogen-bond donors (Lipinski definition) is 2. The second-order valence-corrected chi connectivity index (χ2v) is 8.68. The van der Waals surface area contributed by atoms with E-state index in [-0.39, 0.29) is 18.0 Å². The molecule has 1 saturated carbocycles. The van der Waals surface area contributed by atoms with E-state index < -0.39 is 15.9 Å². The number of nitrogens with one attached hydrogen (secondary N) is 1. The first-order valence-corrected chi connectivity index (χ1v) is 10.6. The number of benzene rings is 1. The third-order valence-electron chi connectivity index (χ3n) is 5.01. The Kier molecular flexibility index (Phi) is 5.93. The fourth-order valence-corrected chi connectivity index (χ4v) is 4.86. The van der Waals surface area contributed by atoms with Gasteiger partial charge in [0, 0.05) is 0 Å². The smallest absolute Gasteiger partial charge is 0.286 e. The number of sulfonamides is 1. The molecule has 1 amide bonds. The van der Waals surface area contributed by atoms with E-state index in [0.29, 0.717) is 24.0 Å². The molecule has 2 aliphatic rings. The van der Waals surface area contributed by atoms with E-state index in [2.05, 4.69) is 9.71 Å². The lowest BCUT2D eigenvalue weighted by Crippen LogP contribution is -2.41. The molecular formula is C18H26N4O3S. The Morgan fingerprint density at radius 3 is 2.69 bits per heavy atom. The first-order valence-electron chi connectivity index (χ1n) is 9.14. The van der Waals surface area contributed by atoms with Crippen molar-refractivity contribution in [1.29, 1.82) is 0 Å². The third-order valence-corrected chi connectivity index (χ3v) is 6.38. The summed E-state index contributed by atoms with van der Waals surface area (Å²) >= 11 is 0. The van der Waals surface area contributed by atoms with Gasteiger partial charge in [0.1, 0.15) is 10.7 Å². The monoisotopic (exact) mass is 378 g/mol. The molecule has 0 unspecified atom stereocenters. The minimum atomic E-state index is -3.72. The molecule has 1 fully saturated rings. The number of para-hydroxylation sites is 1. The standard InChI is InChI=1S/C18H26N4O3S/c19-17(23)12-22(11-10-14-6-2-1-3-7-14)13-18-20-15-8-4-5-9-16(15)26(24,25)21-18/h4-5,8-9,14H,1-3,6-7,10-13H2,(H2,19,23)(H,20,21). The number of rotatable bonds is 7.